The van der Waals surface area contributed by atoms with Gasteiger partial charge in [0, 0.05) is 15.7 Å². The van der Waals surface area contributed by atoms with Gasteiger partial charge in [0.1, 0.15) is 5.82 Å². The molecule has 0 atom stereocenters. The van der Waals surface area contributed by atoms with E-state index < -0.39 is 0 Å². The number of nitrogen functional groups attached to an aromatic ring is 1. The van der Waals surface area contributed by atoms with E-state index in [9.17, 15) is 0 Å². The van der Waals surface area contributed by atoms with E-state index in [-0.39, 0.29) is 0 Å². The largest absolute Gasteiger partial charge is 0.398 e. The molecule has 3 rings (SSSR count). The summed E-state index contributed by atoms with van der Waals surface area (Å²) in [6.45, 7) is 2.00. The van der Waals surface area contributed by atoms with Crippen LogP contribution in [-0.4, -0.2) is 9.97 Å². The Labute approximate surface area is 113 Å². The van der Waals surface area contributed by atoms with Crippen LogP contribution in [0.25, 0.3) is 22.4 Å². The lowest BCUT2D eigenvalue weighted by Crippen LogP contribution is -1.94. The zero-order valence-electron chi connectivity index (χ0n) is 9.87. The number of para-hydroxylation sites is 1. The molecule has 0 saturated carbocycles. The number of nitrogens with zero attached hydrogens (tertiary/aromatic N) is 1. The van der Waals surface area contributed by atoms with Gasteiger partial charge in [-0.2, -0.15) is 0 Å². The average Bonchev–Trinajstić information content (AvgIpc) is 2.75. The van der Waals surface area contributed by atoms with E-state index in [0.717, 1.165) is 38.1 Å². The van der Waals surface area contributed by atoms with E-state index in [1.54, 1.807) is 0 Å². The number of nitrogens with one attached hydrogen (secondary N) is 1. The van der Waals surface area contributed by atoms with E-state index in [1.165, 1.54) is 0 Å². The maximum absolute atomic E-state index is 6.10. The van der Waals surface area contributed by atoms with Gasteiger partial charge in [-0.1, -0.05) is 28.1 Å². The second-order valence-electron chi connectivity index (χ2n) is 4.28. The van der Waals surface area contributed by atoms with Crippen LogP contribution in [0.4, 0.5) is 5.69 Å². The van der Waals surface area contributed by atoms with E-state index in [0.29, 0.717) is 0 Å². The predicted octanol–water partition coefficient (Wildman–Crippen LogP) is 3.88. The summed E-state index contributed by atoms with van der Waals surface area (Å²) in [7, 11) is 0. The van der Waals surface area contributed by atoms with Gasteiger partial charge < -0.3 is 10.7 Å². The molecule has 0 unspecified atom stereocenters. The van der Waals surface area contributed by atoms with Crippen LogP contribution in [0, 0.1) is 6.92 Å². The lowest BCUT2D eigenvalue weighted by molar-refractivity contribution is 1.33. The number of nitrogens with two attached hydrogens (primary N) is 1. The van der Waals surface area contributed by atoms with E-state index >= 15 is 0 Å². The van der Waals surface area contributed by atoms with Crippen LogP contribution in [0.2, 0.25) is 0 Å². The minimum absolute atomic E-state index is 0.774. The number of aromatic amines is 1. The third kappa shape index (κ3) is 1.78. The van der Waals surface area contributed by atoms with Gasteiger partial charge in [0.15, 0.2) is 0 Å². The van der Waals surface area contributed by atoms with Crippen LogP contribution in [0.1, 0.15) is 5.56 Å². The summed E-state index contributed by atoms with van der Waals surface area (Å²) in [5, 5.41) is 0. The van der Waals surface area contributed by atoms with E-state index in [4.69, 9.17) is 5.73 Å². The fourth-order valence-electron chi connectivity index (χ4n) is 2.00. The van der Waals surface area contributed by atoms with Gasteiger partial charge in [-0.05, 0) is 36.8 Å². The Morgan fingerprint density at radius 3 is 2.89 bits per heavy atom. The molecule has 3 N–H and O–H groups in total. The number of aryl methyl sites for hydroxylation is 1. The normalized spacial score (nSPS) is 11.0. The molecule has 90 valence electrons. The van der Waals surface area contributed by atoms with Crippen molar-refractivity contribution < 1.29 is 0 Å². The number of fused-ring (bicyclic) bond motifs is 1. The zero-order chi connectivity index (χ0) is 12.7. The van der Waals surface area contributed by atoms with Crippen molar-refractivity contribution in [3.63, 3.8) is 0 Å². The maximum Gasteiger partial charge on any atom is 0.140 e. The molecule has 0 spiro atoms. The Bertz CT molecular complexity index is 731. The summed E-state index contributed by atoms with van der Waals surface area (Å²) in [5.41, 5.74) is 10.8. The van der Waals surface area contributed by atoms with Gasteiger partial charge in [0.2, 0.25) is 0 Å². The summed E-state index contributed by atoms with van der Waals surface area (Å²) in [4.78, 5) is 7.87. The highest BCUT2D eigenvalue weighted by Crippen LogP contribution is 2.28. The Morgan fingerprint density at radius 1 is 1.22 bits per heavy atom. The number of rotatable bonds is 1. The van der Waals surface area contributed by atoms with Gasteiger partial charge in [-0.15, -0.1) is 0 Å². The smallest absolute Gasteiger partial charge is 0.140 e. The van der Waals surface area contributed by atoms with Crippen molar-refractivity contribution in [2.24, 2.45) is 0 Å². The molecule has 18 heavy (non-hydrogen) atoms. The molecule has 0 fully saturated rings. The number of halogens is 1. The SMILES string of the molecule is Cc1cccc(-c2nc3ccc(Br)cc3[nH]2)c1N. The molecular formula is C14H12BrN3. The van der Waals surface area contributed by atoms with Crippen molar-refractivity contribution in [2.75, 3.05) is 5.73 Å². The Morgan fingerprint density at radius 2 is 2.06 bits per heavy atom. The molecule has 0 amide bonds. The summed E-state index contributed by atoms with van der Waals surface area (Å²) in [6.07, 6.45) is 0. The quantitative estimate of drug-likeness (QED) is 0.670. The Balaban J connectivity index is 2.22. The third-order valence-electron chi connectivity index (χ3n) is 3.02. The first-order valence-corrected chi connectivity index (χ1v) is 6.45. The van der Waals surface area contributed by atoms with Crippen molar-refractivity contribution in [1.29, 1.82) is 0 Å². The van der Waals surface area contributed by atoms with Crippen molar-refractivity contribution >= 4 is 32.7 Å². The van der Waals surface area contributed by atoms with Crippen LogP contribution in [0.5, 0.6) is 0 Å². The first-order valence-electron chi connectivity index (χ1n) is 5.66. The van der Waals surface area contributed by atoms with Gasteiger partial charge in [-0.25, -0.2) is 4.98 Å². The average molecular weight is 302 g/mol. The predicted molar refractivity (Wildman–Crippen MR) is 78.4 cm³/mol. The van der Waals surface area contributed by atoms with Crippen LogP contribution >= 0.6 is 15.9 Å². The summed E-state index contributed by atoms with van der Waals surface area (Å²) >= 11 is 3.45. The van der Waals surface area contributed by atoms with Crippen molar-refractivity contribution in [2.45, 2.75) is 6.92 Å². The molecule has 0 aliphatic rings. The zero-order valence-corrected chi connectivity index (χ0v) is 11.5. The van der Waals surface area contributed by atoms with Gasteiger partial charge in [0.25, 0.3) is 0 Å². The van der Waals surface area contributed by atoms with Crippen LogP contribution in [0.3, 0.4) is 0 Å². The second-order valence-corrected chi connectivity index (χ2v) is 5.20. The molecule has 3 nitrogen and oxygen atoms in total. The molecule has 0 bridgehead atoms. The number of H-pyrrole nitrogens is 1. The molecule has 0 saturated heterocycles. The standard InChI is InChI=1S/C14H12BrN3/c1-8-3-2-4-10(13(8)16)14-17-11-6-5-9(15)7-12(11)18-14/h2-7H,16H2,1H3,(H,17,18). The highest BCUT2D eigenvalue weighted by atomic mass is 79.9. The van der Waals surface area contributed by atoms with E-state index in [2.05, 4.69) is 25.9 Å². The topological polar surface area (TPSA) is 54.7 Å². The number of imidazole rings is 1. The second kappa shape index (κ2) is 4.14. The van der Waals surface area contributed by atoms with E-state index in [1.807, 2.05) is 43.3 Å². The summed E-state index contributed by atoms with van der Waals surface area (Å²) < 4.78 is 1.03. The molecule has 0 radical (unpaired) electrons. The first kappa shape index (κ1) is 11.3. The van der Waals surface area contributed by atoms with Gasteiger partial charge in [0.05, 0.1) is 11.0 Å². The molecule has 3 aromatic rings. The minimum Gasteiger partial charge on any atom is -0.398 e. The molecular weight excluding hydrogens is 290 g/mol. The van der Waals surface area contributed by atoms with Crippen molar-refractivity contribution in [1.82, 2.24) is 9.97 Å². The van der Waals surface area contributed by atoms with Gasteiger partial charge >= 0.3 is 0 Å². The fourth-order valence-corrected chi connectivity index (χ4v) is 2.36. The number of aromatic nitrogens is 2. The first-order chi connectivity index (χ1) is 8.65. The van der Waals surface area contributed by atoms with Crippen molar-refractivity contribution in [3.8, 4) is 11.4 Å². The molecule has 1 heterocycles. The third-order valence-corrected chi connectivity index (χ3v) is 3.52. The van der Waals surface area contributed by atoms with Crippen LogP contribution in [-0.2, 0) is 0 Å². The monoisotopic (exact) mass is 301 g/mol. The lowest BCUT2D eigenvalue weighted by atomic mass is 10.1. The van der Waals surface area contributed by atoms with Crippen LogP contribution < -0.4 is 5.73 Å². The molecule has 1 aromatic heterocycles. The molecule has 4 heteroatoms. The number of benzene rings is 2. The minimum atomic E-state index is 0.774. The van der Waals surface area contributed by atoms with Gasteiger partial charge in [-0.3, -0.25) is 0 Å². The number of hydrogen-bond donors (Lipinski definition) is 2. The number of anilines is 1. The molecule has 2 aromatic carbocycles. The summed E-state index contributed by atoms with van der Waals surface area (Å²) in [5.74, 6) is 0.810. The molecule has 0 aliphatic heterocycles. The molecule has 0 aliphatic carbocycles. The summed E-state index contributed by atoms with van der Waals surface area (Å²) in [6, 6.07) is 11.9. The lowest BCUT2D eigenvalue weighted by Gasteiger charge is -2.04. The fraction of sp³-hybridized carbons (Fsp3) is 0.0714. The van der Waals surface area contributed by atoms with Crippen molar-refractivity contribution in [3.05, 3.63) is 46.4 Å². The highest BCUT2D eigenvalue weighted by molar-refractivity contribution is 9.10. The highest BCUT2D eigenvalue weighted by Gasteiger charge is 2.09. The Kier molecular flexibility index (Phi) is 2.59. The number of hydrogen-bond acceptors (Lipinski definition) is 2. The maximum atomic E-state index is 6.10. The van der Waals surface area contributed by atoms with Crippen LogP contribution in [0.15, 0.2) is 40.9 Å². The Hall–Kier alpha value is -1.81.